The number of carboxylic acid groups (broad SMARTS) is 1. The lowest BCUT2D eigenvalue weighted by molar-refractivity contribution is -0.137. The molecule has 1 atom stereocenters. The summed E-state index contributed by atoms with van der Waals surface area (Å²) in [6.45, 7) is 1.68. The number of nitrogens with one attached hydrogen (secondary N) is 1. The first-order valence-corrected chi connectivity index (χ1v) is 6.19. The first-order chi connectivity index (χ1) is 6.42. The largest absolute Gasteiger partial charge is 0.481 e. The molecule has 0 amide bonds. The Balaban J connectivity index is 2.32. The van der Waals surface area contributed by atoms with Crippen LogP contribution in [0.25, 0.3) is 0 Å². The van der Waals surface area contributed by atoms with Crippen LogP contribution < -0.4 is 4.72 Å². The van der Waals surface area contributed by atoms with Gasteiger partial charge in [-0.15, -0.1) is 0 Å². The smallest absolute Gasteiger partial charge is 0.303 e. The molecule has 1 aliphatic carbocycles. The van der Waals surface area contributed by atoms with Crippen LogP contribution >= 0.6 is 0 Å². The molecule has 0 aromatic rings. The average molecular weight is 221 g/mol. The van der Waals surface area contributed by atoms with Gasteiger partial charge in [-0.1, -0.05) is 0 Å². The van der Waals surface area contributed by atoms with Gasteiger partial charge in [-0.2, -0.15) is 0 Å². The molecular formula is C8H15NO4S. The van der Waals surface area contributed by atoms with Crippen LogP contribution in [0.3, 0.4) is 0 Å². The third kappa shape index (κ3) is 3.63. The molecule has 1 rings (SSSR count). The van der Waals surface area contributed by atoms with Crippen molar-refractivity contribution in [1.82, 2.24) is 4.72 Å². The lowest BCUT2D eigenvalue weighted by atomic mass is 10.2. The summed E-state index contributed by atoms with van der Waals surface area (Å²) in [5, 5.41) is 8.16. The highest BCUT2D eigenvalue weighted by Crippen LogP contribution is 2.27. The van der Waals surface area contributed by atoms with Crippen molar-refractivity contribution < 1.29 is 18.3 Å². The van der Waals surface area contributed by atoms with Gasteiger partial charge in [-0.25, -0.2) is 13.1 Å². The van der Waals surface area contributed by atoms with Gasteiger partial charge < -0.3 is 5.11 Å². The monoisotopic (exact) mass is 221 g/mol. The summed E-state index contributed by atoms with van der Waals surface area (Å²) in [5.41, 5.74) is 0. The summed E-state index contributed by atoms with van der Waals surface area (Å²) < 4.78 is 25.3. The van der Waals surface area contributed by atoms with E-state index in [1.807, 2.05) is 0 Å². The van der Waals surface area contributed by atoms with Crippen molar-refractivity contribution in [2.45, 2.75) is 43.9 Å². The van der Waals surface area contributed by atoms with E-state index in [4.69, 9.17) is 5.11 Å². The standard InChI is InChI=1S/C8H15NO4S/c1-6(2-5-8(10)11)9-14(12,13)7-3-4-7/h6-7,9H,2-5H2,1H3,(H,10,11). The summed E-state index contributed by atoms with van der Waals surface area (Å²) >= 11 is 0. The first kappa shape index (κ1) is 11.5. The number of sulfonamides is 1. The maximum atomic E-state index is 11.4. The highest BCUT2D eigenvalue weighted by molar-refractivity contribution is 7.90. The molecule has 1 saturated carbocycles. The highest BCUT2D eigenvalue weighted by atomic mass is 32.2. The molecule has 0 aromatic carbocycles. The van der Waals surface area contributed by atoms with E-state index in [1.165, 1.54) is 0 Å². The lowest BCUT2D eigenvalue weighted by Gasteiger charge is -2.12. The lowest BCUT2D eigenvalue weighted by Crippen LogP contribution is -2.35. The molecule has 0 aliphatic heterocycles. The molecule has 0 bridgehead atoms. The van der Waals surface area contributed by atoms with Crippen LogP contribution in [0.1, 0.15) is 32.6 Å². The second kappa shape index (κ2) is 4.27. The van der Waals surface area contributed by atoms with Crippen molar-refractivity contribution in [3.63, 3.8) is 0 Å². The zero-order valence-corrected chi connectivity index (χ0v) is 8.88. The molecule has 1 aliphatic rings. The van der Waals surface area contributed by atoms with Crippen molar-refractivity contribution in [2.24, 2.45) is 0 Å². The Morgan fingerprint density at radius 2 is 2.14 bits per heavy atom. The van der Waals surface area contributed by atoms with E-state index in [1.54, 1.807) is 6.92 Å². The normalized spacial score (nSPS) is 19.2. The minimum absolute atomic E-state index is 0.00560. The Morgan fingerprint density at radius 1 is 1.57 bits per heavy atom. The van der Waals surface area contributed by atoms with Gasteiger partial charge in [0.15, 0.2) is 0 Å². The second-order valence-corrected chi connectivity index (χ2v) is 5.69. The van der Waals surface area contributed by atoms with Crippen LogP contribution in [-0.2, 0) is 14.8 Å². The van der Waals surface area contributed by atoms with Crippen LogP contribution in [0.4, 0.5) is 0 Å². The van der Waals surface area contributed by atoms with Crippen LogP contribution in [-0.4, -0.2) is 30.8 Å². The number of rotatable bonds is 6. The molecule has 82 valence electrons. The van der Waals surface area contributed by atoms with E-state index in [-0.39, 0.29) is 17.7 Å². The maximum absolute atomic E-state index is 11.4. The molecule has 0 radical (unpaired) electrons. The van der Waals surface area contributed by atoms with Gasteiger partial charge in [0.1, 0.15) is 0 Å². The van der Waals surface area contributed by atoms with Gasteiger partial charge in [0.2, 0.25) is 10.0 Å². The minimum atomic E-state index is -3.18. The average Bonchev–Trinajstić information content (AvgIpc) is 2.81. The molecule has 0 saturated heterocycles. The Bertz CT molecular complexity index is 307. The topological polar surface area (TPSA) is 83.5 Å². The van der Waals surface area contributed by atoms with Gasteiger partial charge in [0, 0.05) is 12.5 Å². The number of aliphatic carboxylic acids is 1. The van der Waals surface area contributed by atoms with E-state index in [0.29, 0.717) is 6.42 Å². The fourth-order valence-corrected chi connectivity index (χ4v) is 2.78. The van der Waals surface area contributed by atoms with E-state index in [0.717, 1.165) is 12.8 Å². The second-order valence-electron chi connectivity index (χ2n) is 3.70. The molecule has 0 spiro atoms. The van der Waals surface area contributed by atoms with Crippen molar-refractivity contribution in [2.75, 3.05) is 0 Å². The summed E-state index contributed by atoms with van der Waals surface area (Å²) in [7, 11) is -3.18. The Hall–Kier alpha value is -0.620. The van der Waals surface area contributed by atoms with Gasteiger partial charge in [0.25, 0.3) is 0 Å². The number of hydrogen-bond acceptors (Lipinski definition) is 3. The molecule has 0 heterocycles. The molecular weight excluding hydrogens is 206 g/mol. The molecule has 1 unspecified atom stereocenters. The maximum Gasteiger partial charge on any atom is 0.303 e. The zero-order chi connectivity index (χ0) is 10.8. The fourth-order valence-electron chi connectivity index (χ4n) is 1.15. The molecule has 5 nitrogen and oxygen atoms in total. The Morgan fingerprint density at radius 3 is 2.57 bits per heavy atom. The summed E-state index contributed by atoms with van der Waals surface area (Å²) in [5.74, 6) is -0.900. The van der Waals surface area contributed by atoms with E-state index >= 15 is 0 Å². The number of carboxylic acids is 1. The molecule has 1 fully saturated rings. The van der Waals surface area contributed by atoms with Gasteiger partial charge in [-0.05, 0) is 26.2 Å². The first-order valence-electron chi connectivity index (χ1n) is 4.65. The van der Waals surface area contributed by atoms with Crippen LogP contribution in [0.15, 0.2) is 0 Å². The molecule has 2 N–H and O–H groups in total. The summed E-state index contributed by atoms with van der Waals surface area (Å²) in [6.07, 6.45) is 1.78. The van der Waals surface area contributed by atoms with Crippen LogP contribution in [0, 0.1) is 0 Å². The van der Waals surface area contributed by atoms with Gasteiger partial charge in [-0.3, -0.25) is 4.79 Å². The number of hydrogen-bond donors (Lipinski definition) is 2. The van der Waals surface area contributed by atoms with Gasteiger partial charge >= 0.3 is 5.97 Å². The van der Waals surface area contributed by atoms with Crippen molar-refractivity contribution in [1.29, 1.82) is 0 Å². The summed E-state index contributed by atoms with van der Waals surface area (Å²) in [6, 6.07) is -0.295. The van der Waals surface area contributed by atoms with Gasteiger partial charge in [0.05, 0.1) is 5.25 Å². The SMILES string of the molecule is CC(CCC(=O)O)NS(=O)(=O)C1CC1. The molecule has 14 heavy (non-hydrogen) atoms. The summed E-state index contributed by atoms with van der Waals surface area (Å²) in [4.78, 5) is 10.2. The van der Waals surface area contributed by atoms with Crippen LogP contribution in [0.2, 0.25) is 0 Å². The molecule has 0 aromatic heterocycles. The third-order valence-corrected chi connectivity index (χ3v) is 4.20. The van der Waals surface area contributed by atoms with Crippen molar-refractivity contribution in [3.8, 4) is 0 Å². The highest BCUT2D eigenvalue weighted by Gasteiger charge is 2.36. The molecule has 6 heteroatoms. The minimum Gasteiger partial charge on any atom is -0.481 e. The Labute approximate surface area is 83.6 Å². The Kier molecular flexibility index (Phi) is 3.49. The predicted molar refractivity (Wildman–Crippen MR) is 51.4 cm³/mol. The van der Waals surface area contributed by atoms with E-state index < -0.39 is 16.0 Å². The van der Waals surface area contributed by atoms with E-state index in [2.05, 4.69) is 4.72 Å². The number of carbonyl (C=O) groups is 1. The van der Waals surface area contributed by atoms with Crippen molar-refractivity contribution >= 4 is 16.0 Å². The van der Waals surface area contributed by atoms with Crippen molar-refractivity contribution in [3.05, 3.63) is 0 Å². The van der Waals surface area contributed by atoms with Crippen LogP contribution in [0.5, 0.6) is 0 Å². The predicted octanol–water partition coefficient (Wildman–Crippen LogP) is 0.322. The third-order valence-electron chi connectivity index (χ3n) is 2.12. The zero-order valence-electron chi connectivity index (χ0n) is 8.06. The fraction of sp³-hybridized carbons (Fsp3) is 0.875. The quantitative estimate of drug-likeness (QED) is 0.676. The van der Waals surface area contributed by atoms with E-state index in [9.17, 15) is 13.2 Å².